The first-order valence-corrected chi connectivity index (χ1v) is 10.2. The van der Waals surface area contributed by atoms with Crippen LogP contribution in [0.5, 0.6) is 0 Å². The normalized spacial score (nSPS) is 20.2. The molecular weight excluding hydrogens is 398 g/mol. The van der Waals surface area contributed by atoms with Gasteiger partial charge < -0.3 is 4.74 Å². The Kier molecular flexibility index (Phi) is 6.22. The Bertz CT molecular complexity index is 732. The number of ether oxygens (including phenoxy) is 1. The number of halogens is 1. The first kappa shape index (κ1) is 18.7. The predicted octanol–water partition coefficient (Wildman–Crippen LogP) is 1.16. The number of nitrogens with zero attached hydrogens (tertiary/aromatic N) is 1. The van der Waals surface area contributed by atoms with Crippen LogP contribution < -0.4 is 10.9 Å². The molecule has 1 fully saturated rings. The minimum atomic E-state index is -3.04. The number of anilines is 1. The monoisotopic (exact) mass is 418 g/mol. The van der Waals surface area contributed by atoms with Crippen molar-refractivity contribution in [1.82, 2.24) is 5.43 Å². The van der Waals surface area contributed by atoms with Crippen molar-refractivity contribution in [3.05, 3.63) is 28.7 Å². The van der Waals surface area contributed by atoms with Gasteiger partial charge in [0, 0.05) is 10.9 Å². The van der Waals surface area contributed by atoms with Crippen molar-refractivity contribution in [1.29, 1.82) is 0 Å². The van der Waals surface area contributed by atoms with Crippen LogP contribution in [0.2, 0.25) is 0 Å². The van der Waals surface area contributed by atoms with Crippen molar-refractivity contribution in [2.45, 2.75) is 19.4 Å². The third kappa shape index (κ3) is 4.94. The van der Waals surface area contributed by atoms with Crippen molar-refractivity contribution in [3.8, 4) is 0 Å². The molecule has 2 N–H and O–H groups in total. The largest absolute Gasteiger partial charge is 0.457 e. The molecule has 1 aromatic carbocycles. The van der Waals surface area contributed by atoms with Crippen LogP contribution in [-0.2, 0) is 19.4 Å². The molecule has 9 heteroatoms. The minimum Gasteiger partial charge on any atom is -0.457 e. The van der Waals surface area contributed by atoms with Gasteiger partial charge in [0.15, 0.2) is 9.84 Å². The number of benzene rings is 1. The van der Waals surface area contributed by atoms with Crippen LogP contribution in [0.25, 0.3) is 0 Å². The van der Waals surface area contributed by atoms with E-state index in [1.54, 1.807) is 18.5 Å². The number of hydrogen-bond acceptors (Lipinski definition) is 5. The molecule has 1 aliphatic rings. The highest BCUT2D eigenvalue weighted by molar-refractivity contribution is 9.10. The van der Waals surface area contributed by atoms with Gasteiger partial charge in [-0.15, -0.1) is 0 Å². The van der Waals surface area contributed by atoms with Gasteiger partial charge >= 0.3 is 11.8 Å². The van der Waals surface area contributed by atoms with Crippen molar-refractivity contribution >= 4 is 43.3 Å². The zero-order valence-electron chi connectivity index (χ0n) is 13.6. The Balaban J connectivity index is 2.19. The van der Waals surface area contributed by atoms with Gasteiger partial charge in [0.2, 0.25) is 0 Å². The fourth-order valence-corrected chi connectivity index (χ4v) is 4.45. The number of sulfone groups is 1. The van der Waals surface area contributed by atoms with Crippen LogP contribution in [0.15, 0.2) is 28.7 Å². The van der Waals surface area contributed by atoms with E-state index in [4.69, 9.17) is 4.74 Å². The summed E-state index contributed by atoms with van der Waals surface area (Å²) in [6.07, 6.45) is 0.488. The maximum Gasteiger partial charge on any atom is 0.423 e. The average Bonchev–Trinajstić information content (AvgIpc) is 2.89. The fourth-order valence-electron chi connectivity index (χ4n) is 2.41. The summed E-state index contributed by atoms with van der Waals surface area (Å²) in [6.45, 7) is 1.96. The zero-order valence-corrected chi connectivity index (χ0v) is 16.0. The highest BCUT2D eigenvalue weighted by Crippen LogP contribution is 2.15. The number of hydrogen-bond donors (Lipinski definition) is 2. The van der Waals surface area contributed by atoms with E-state index in [1.807, 2.05) is 24.3 Å². The summed E-state index contributed by atoms with van der Waals surface area (Å²) >= 11 is 3.36. The molecule has 1 heterocycles. The maximum atomic E-state index is 12.2. The molecule has 7 nitrogen and oxygen atoms in total. The molecule has 1 atom stereocenters. The maximum absolute atomic E-state index is 12.2. The molecule has 0 radical (unpaired) electrons. The van der Waals surface area contributed by atoms with E-state index < -0.39 is 15.8 Å². The summed E-state index contributed by atoms with van der Waals surface area (Å²) in [5.74, 6) is -0.180. The summed E-state index contributed by atoms with van der Waals surface area (Å²) < 4.78 is 31.0. The SMILES string of the molecule is CCOC(=O)C(NNc1ccc(Br)cc1)=[N+](C)[C@H]1CCS(=O)(=O)C1. The van der Waals surface area contributed by atoms with Gasteiger partial charge in [0.1, 0.15) is 6.04 Å². The summed E-state index contributed by atoms with van der Waals surface area (Å²) in [5, 5.41) is 0. The van der Waals surface area contributed by atoms with E-state index in [0.717, 1.165) is 10.2 Å². The third-order valence-electron chi connectivity index (χ3n) is 3.75. The molecule has 0 amide bonds. The van der Waals surface area contributed by atoms with Crippen LogP contribution in [0.1, 0.15) is 13.3 Å². The summed E-state index contributed by atoms with van der Waals surface area (Å²) in [5.41, 5.74) is 6.55. The Labute approximate surface area is 150 Å². The molecule has 132 valence electrons. The van der Waals surface area contributed by atoms with Gasteiger partial charge in [-0.1, -0.05) is 15.9 Å². The Hall–Kier alpha value is -1.61. The summed E-state index contributed by atoms with van der Waals surface area (Å²) in [7, 11) is -1.36. The van der Waals surface area contributed by atoms with E-state index in [-0.39, 0.29) is 30.0 Å². The number of rotatable bonds is 4. The van der Waals surface area contributed by atoms with Gasteiger partial charge in [0.05, 0.1) is 30.8 Å². The second-order valence-electron chi connectivity index (χ2n) is 5.49. The number of amidine groups is 1. The molecule has 24 heavy (non-hydrogen) atoms. The standard InChI is InChI=1S/C15H20BrN3O4S/c1-3-23-15(20)14(18-17-12-6-4-11(16)5-7-12)19(2)13-8-9-24(21,22)10-13/h4-7,13H,3,8-10H2,1-2H3,(H,17,20)/p+1/t13-/m0/s1. The number of carbonyl (C=O) groups is 1. The zero-order chi connectivity index (χ0) is 17.7. The molecule has 1 saturated heterocycles. The second-order valence-corrected chi connectivity index (χ2v) is 8.64. The Morgan fingerprint density at radius 3 is 2.58 bits per heavy atom. The number of esters is 1. The molecule has 0 bridgehead atoms. The molecule has 0 unspecified atom stereocenters. The minimum absolute atomic E-state index is 0.0341. The van der Waals surface area contributed by atoms with Crippen LogP contribution in [0.3, 0.4) is 0 Å². The van der Waals surface area contributed by atoms with Gasteiger partial charge in [0.25, 0.3) is 0 Å². The van der Waals surface area contributed by atoms with E-state index in [1.165, 1.54) is 0 Å². The van der Waals surface area contributed by atoms with Gasteiger partial charge in [-0.25, -0.2) is 18.6 Å². The number of carbonyl (C=O) groups excluding carboxylic acids is 1. The van der Waals surface area contributed by atoms with E-state index in [2.05, 4.69) is 26.8 Å². The summed E-state index contributed by atoms with van der Waals surface area (Å²) in [6, 6.07) is 7.14. The van der Waals surface area contributed by atoms with Crippen molar-refractivity contribution in [2.75, 3.05) is 30.6 Å². The van der Waals surface area contributed by atoms with Crippen LogP contribution in [-0.4, -0.2) is 56.0 Å². The van der Waals surface area contributed by atoms with Crippen molar-refractivity contribution in [3.63, 3.8) is 0 Å². The van der Waals surface area contributed by atoms with Crippen molar-refractivity contribution < 1.29 is 22.5 Å². The fraction of sp³-hybridized carbons (Fsp3) is 0.467. The highest BCUT2D eigenvalue weighted by Gasteiger charge is 2.35. The summed E-state index contributed by atoms with van der Waals surface area (Å²) in [4.78, 5) is 12.2. The smallest absolute Gasteiger partial charge is 0.423 e. The molecule has 1 aromatic rings. The Morgan fingerprint density at radius 2 is 2.04 bits per heavy atom. The first-order valence-electron chi connectivity index (χ1n) is 7.57. The topological polar surface area (TPSA) is 87.5 Å². The molecule has 0 aliphatic carbocycles. The predicted molar refractivity (Wildman–Crippen MR) is 95.8 cm³/mol. The highest BCUT2D eigenvalue weighted by atomic mass is 79.9. The van der Waals surface area contributed by atoms with Crippen LogP contribution in [0, 0.1) is 0 Å². The van der Waals surface area contributed by atoms with E-state index >= 15 is 0 Å². The van der Waals surface area contributed by atoms with Gasteiger partial charge in [-0.2, -0.15) is 5.43 Å². The second kappa shape index (κ2) is 7.98. The Morgan fingerprint density at radius 1 is 1.38 bits per heavy atom. The quantitative estimate of drug-likeness (QED) is 0.250. The molecule has 0 saturated carbocycles. The molecule has 2 rings (SSSR count). The molecule has 1 aliphatic heterocycles. The third-order valence-corrected chi connectivity index (χ3v) is 6.03. The van der Waals surface area contributed by atoms with E-state index in [0.29, 0.717) is 6.42 Å². The lowest BCUT2D eigenvalue weighted by atomic mass is 10.2. The van der Waals surface area contributed by atoms with Gasteiger partial charge in [-0.05, 0) is 31.2 Å². The molecular formula is C15H21BrN3O4S+. The van der Waals surface area contributed by atoms with E-state index in [9.17, 15) is 13.2 Å². The number of hydrazine groups is 1. The lowest BCUT2D eigenvalue weighted by Gasteiger charge is -2.13. The first-order chi connectivity index (χ1) is 11.3. The van der Waals surface area contributed by atoms with Crippen LogP contribution in [0.4, 0.5) is 5.69 Å². The number of nitrogens with one attached hydrogen (secondary N) is 2. The van der Waals surface area contributed by atoms with Gasteiger partial charge in [-0.3, -0.25) is 4.58 Å². The lowest BCUT2D eigenvalue weighted by molar-refractivity contribution is -0.533. The lowest BCUT2D eigenvalue weighted by Crippen LogP contribution is -2.46. The van der Waals surface area contributed by atoms with Crippen molar-refractivity contribution in [2.24, 2.45) is 0 Å². The average molecular weight is 419 g/mol. The molecule has 0 aromatic heterocycles. The molecule has 0 spiro atoms. The van der Waals surface area contributed by atoms with Crippen LogP contribution >= 0.6 is 15.9 Å².